The van der Waals surface area contributed by atoms with Gasteiger partial charge in [-0.05, 0) is 37.0 Å². The van der Waals surface area contributed by atoms with Gasteiger partial charge in [-0.1, -0.05) is 78.9 Å². The highest BCUT2D eigenvalue weighted by molar-refractivity contribution is 6.09. The first-order valence-corrected chi connectivity index (χ1v) is 12.4. The van der Waals surface area contributed by atoms with Crippen molar-refractivity contribution in [2.24, 2.45) is 10.9 Å². The molecule has 5 rings (SSSR count). The maximum atomic E-state index is 13.6. The number of rotatable bonds is 7. The minimum Gasteiger partial charge on any atom is -0.489 e. The third kappa shape index (κ3) is 5.01. The molecular weight excluding hydrogens is 450 g/mol. The summed E-state index contributed by atoms with van der Waals surface area (Å²) < 4.78 is 12.0. The number of Topliss-reactive ketones (excluding diaryl/α,β-unsaturated/α-hetero) is 1. The fourth-order valence-corrected chi connectivity index (χ4v) is 5.07. The fourth-order valence-electron chi connectivity index (χ4n) is 5.07. The van der Waals surface area contributed by atoms with Crippen LogP contribution in [0.4, 0.5) is 0 Å². The Balaban J connectivity index is 1.50. The summed E-state index contributed by atoms with van der Waals surface area (Å²) in [5.41, 5.74) is 4.86. The number of ether oxygens (including phenoxy) is 2. The van der Waals surface area contributed by atoms with Crippen LogP contribution in [0, 0.1) is 5.92 Å². The summed E-state index contributed by atoms with van der Waals surface area (Å²) >= 11 is 0. The average molecular weight is 480 g/mol. The van der Waals surface area contributed by atoms with E-state index in [2.05, 4.69) is 0 Å². The third-order valence-corrected chi connectivity index (χ3v) is 6.80. The summed E-state index contributed by atoms with van der Waals surface area (Å²) in [4.78, 5) is 31.5. The molecule has 2 aliphatic rings. The lowest BCUT2D eigenvalue weighted by atomic mass is 9.71. The molecule has 0 saturated carbocycles. The summed E-state index contributed by atoms with van der Waals surface area (Å²) in [6.07, 6.45) is 1.97. The second kappa shape index (κ2) is 10.7. The number of aliphatic imine (C=N–C) groups is 1. The summed E-state index contributed by atoms with van der Waals surface area (Å²) in [6, 6.07) is 27.2. The second-order valence-corrected chi connectivity index (χ2v) is 9.25. The normalized spacial score (nSPS) is 19.4. The molecule has 2 atom stereocenters. The Morgan fingerprint density at radius 1 is 0.861 bits per heavy atom. The zero-order valence-electron chi connectivity index (χ0n) is 20.4. The van der Waals surface area contributed by atoms with Gasteiger partial charge in [0.1, 0.15) is 24.9 Å². The lowest BCUT2D eigenvalue weighted by Gasteiger charge is -2.35. The van der Waals surface area contributed by atoms with Crippen molar-refractivity contribution in [3.63, 3.8) is 0 Å². The van der Waals surface area contributed by atoms with Crippen molar-refractivity contribution in [3.8, 4) is 5.75 Å². The van der Waals surface area contributed by atoms with Crippen molar-refractivity contribution < 1.29 is 19.1 Å². The van der Waals surface area contributed by atoms with Crippen molar-refractivity contribution in [2.75, 3.05) is 0 Å². The smallest absolute Gasteiger partial charge is 0.315 e. The number of esters is 1. The van der Waals surface area contributed by atoms with Crippen LogP contribution in [0.5, 0.6) is 5.75 Å². The zero-order valence-corrected chi connectivity index (χ0v) is 20.4. The van der Waals surface area contributed by atoms with Gasteiger partial charge >= 0.3 is 5.97 Å². The number of para-hydroxylation sites is 1. The van der Waals surface area contributed by atoms with Crippen LogP contribution in [-0.2, 0) is 27.5 Å². The van der Waals surface area contributed by atoms with Crippen LogP contribution < -0.4 is 4.74 Å². The maximum absolute atomic E-state index is 13.6. The molecule has 3 aromatic rings. The van der Waals surface area contributed by atoms with Crippen LogP contribution in [-0.4, -0.2) is 17.5 Å². The van der Waals surface area contributed by atoms with E-state index in [1.54, 1.807) is 0 Å². The van der Waals surface area contributed by atoms with E-state index in [4.69, 9.17) is 14.5 Å². The van der Waals surface area contributed by atoms with Gasteiger partial charge in [-0.3, -0.25) is 14.6 Å². The van der Waals surface area contributed by atoms with Crippen molar-refractivity contribution in [2.45, 2.75) is 45.3 Å². The van der Waals surface area contributed by atoms with Crippen LogP contribution in [0.2, 0.25) is 0 Å². The molecule has 5 nitrogen and oxygen atoms in total. The molecular formula is C31H29NO4. The topological polar surface area (TPSA) is 65.0 Å². The highest BCUT2D eigenvalue weighted by Gasteiger charge is 2.44. The Morgan fingerprint density at radius 3 is 2.22 bits per heavy atom. The van der Waals surface area contributed by atoms with Crippen LogP contribution in [0.25, 0.3) is 0 Å². The van der Waals surface area contributed by atoms with E-state index < -0.39 is 11.8 Å². The lowest BCUT2D eigenvalue weighted by Crippen LogP contribution is -2.37. The highest BCUT2D eigenvalue weighted by atomic mass is 16.5. The Bertz CT molecular complexity index is 1310. The zero-order chi connectivity index (χ0) is 24.9. The number of allylic oxidation sites excluding steroid dienone is 2. The molecule has 36 heavy (non-hydrogen) atoms. The average Bonchev–Trinajstić information content (AvgIpc) is 2.91. The molecule has 1 unspecified atom stereocenters. The summed E-state index contributed by atoms with van der Waals surface area (Å²) in [7, 11) is 0. The summed E-state index contributed by atoms with van der Waals surface area (Å²) in [6.45, 7) is 2.42. The van der Waals surface area contributed by atoms with Gasteiger partial charge in [-0.25, -0.2) is 0 Å². The molecule has 1 aliphatic carbocycles. The van der Waals surface area contributed by atoms with Gasteiger partial charge in [0.25, 0.3) is 0 Å². The standard InChI is InChI=1S/C31H29NO4/c1-21-28(31(34)36-20-23-13-6-3-7-14-23)29(30-25(32-21)16-10-17-26(30)33)24-15-8-9-18-27(24)35-19-22-11-4-2-5-12-22/h2-9,11-15,18,28-29H,10,16-17,19-20H2,1H3/t28?,29-/m0/s1. The first kappa shape index (κ1) is 23.7. The van der Waals surface area contributed by atoms with Gasteiger partial charge in [0, 0.05) is 34.9 Å². The Hall–Kier alpha value is -3.99. The second-order valence-electron chi connectivity index (χ2n) is 9.25. The molecule has 5 heteroatoms. The molecule has 0 radical (unpaired) electrons. The van der Waals surface area contributed by atoms with Gasteiger partial charge in [0.05, 0.1) is 0 Å². The van der Waals surface area contributed by atoms with E-state index in [1.165, 1.54) is 0 Å². The number of hydrogen-bond acceptors (Lipinski definition) is 5. The number of nitrogens with zero attached hydrogens (tertiary/aromatic N) is 1. The predicted octanol–water partition coefficient (Wildman–Crippen LogP) is 6.19. The van der Waals surface area contributed by atoms with Crippen molar-refractivity contribution in [1.29, 1.82) is 0 Å². The van der Waals surface area contributed by atoms with E-state index in [0.717, 1.165) is 35.2 Å². The monoisotopic (exact) mass is 479 g/mol. The molecule has 182 valence electrons. The van der Waals surface area contributed by atoms with E-state index in [-0.39, 0.29) is 18.4 Å². The molecule has 1 heterocycles. The van der Waals surface area contributed by atoms with Crippen molar-refractivity contribution in [3.05, 3.63) is 113 Å². The number of carbonyl (C=O) groups is 2. The number of hydrogen-bond donors (Lipinski definition) is 0. The minimum absolute atomic E-state index is 0.0521. The molecule has 3 aromatic carbocycles. The number of ketones is 1. The summed E-state index contributed by atoms with van der Waals surface area (Å²) in [5.74, 6) is -0.868. The largest absolute Gasteiger partial charge is 0.489 e. The molecule has 0 amide bonds. The van der Waals surface area contributed by atoms with E-state index in [9.17, 15) is 9.59 Å². The third-order valence-electron chi connectivity index (χ3n) is 6.80. The Morgan fingerprint density at radius 2 is 1.50 bits per heavy atom. The number of benzene rings is 3. The molecule has 0 spiro atoms. The molecule has 0 fully saturated rings. The van der Waals surface area contributed by atoms with Crippen LogP contribution in [0.3, 0.4) is 0 Å². The maximum Gasteiger partial charge on any atom is 0.315 e. The number of carbonyl (C=O) groups excluding carboxylic acids is 2. The molecule has 0 saturated heterocycles. The van der Waals surface area contributed by atoms with Gasteiger partial charge in [-0.2, -0.15) is 0 Å². The van der Waals surface area contributed by atoms with Crippen molar-refractivity contribution in [1.82, 2.24) is 0 Å². The van der Waals surface area contributed by atoms with E-state index in [0.29, 0.717) is 30.1 Å². The van der Waals surface area contributed by atoms with Crippen molar-refractivity contribution >= 4 is 17.5 Å². The first-order valence-electron chi connectivity index (χ1n) is 12.4. The van der Waals surface area contributed by atoms with Crippen LogP contribution in [0.15, 0.2) is 101 Å². The minimum atomic E-state index is -0.698. The molecule has 0 N–H and O–H groups in total. The quantitative estimate of drug-likeness (QED) is 0.379. The highest BCUT2D eigenvalue weighted by Crippen LogP contribution is 2.46. The molecule has 0 aromatic heterocycles. The van der Waals surface area contributed by atoms with E-state index in [1.807, 2.05) is 91.9 Å². The van der Waals surface area contributed by atoms with Crippen LogP contribution >= 0.6 is 0 Å². The first-order chi connectivity index (χ1) is 17.6. The van der Waals surface area contributed by atoms with Gasteiger partial charge < -0.3 is 9.47 Å². The van der Waals surface area contributed by atoms with Gasteiger partial charge in [-0.15, -0.1) is 0 Å². The molecule has 0 bridgehead atoms. The van der Waals surface area contributed by atoms with Gasteiger partial charge in [0.2, 0.25) is 0 Å². The Kier molecular flexibility index (Phi) is 7.08. The Labute approximate surface area is 211 Å². The summed E-state index contributed by atoms with van der Waals surface area (Å²) in [5, 5.41) is 0. The lowest BCUT2D eigenvalue weighted by molar-refractivity contribution is -0.148. The molecule has 1 aliphatic heterocycles. The van der Waals surface area contributed by atoms with E-state index >= 15 is 0 Å². The fraction of sp³-hybridized carbons (Fsp3) is 0.258. The van der Waals surface area contributed by atoms with Crippen LogP contribution in [0.1, 0.15) is 48.8 Å². The predicted molar refractivity (Wildman–Crippen MR) is 139 cm³/mol. The SMILES string of the molecule is CC1=NC2=C(C(=O)CCC2)[C@@H](c2ccccc2OCc2ccccc2)C1C(=O)OCc1ccccc1. The van der Waals surface area contributed by atoms with Gasteiger partial charge in [0.15, 0.2) is 5.78 Å².